The average Bonchev–Trinajstić information content (AvgIpc) is 3.06. The maximum atomic E-state index is 13.3. The molecule has 1 fully saturated rings. The number of imidazole rings is 1. The van der Waals surface area contributed by atoms with Gasteiger partial charge in [-0.15, -0.1) is 0 Å². The fraction of sp³-hybridized carbons (Fsp3) is 0.476. The Kier molecular flexibility index (Phi) is 5.12. The Balaban J connectivity index is 1.87. The van der Waals surface area contributed by atoms with E-state index in [2.05, 4.69) is 11.8 Å². The third-order valence-corrected chi connectivity index (χ3v) is 5.97. The number of likely N-dealkylation sites (tertiary alicyclic amines) is 1. The summed E-state index contributed by atoms with van der Waals surface area (Å²) in [5.41, 5.74) is 0.899. The molecule has 1 aliphatic heterocycles. The van der Waals surface area contributed by atoms with Crippen LogP contribution >= 0.6 is 0 Å². The molecule has 0 radical (unpaired) electrons. The smallest absolute Gasteiger partial charge is 0.317 e. The lowest BCUT2D eigenvalue weighted by molar-refractivity contribution is 0.147. The Hall–Kier alpha value is -2.74. The van der Waals surface area contributed by atoms with E-state index >= 15 is 0 Å². The second-order valence-corrected chi connectivity index (χ2v) is 7.93. The van der Waals surface area contributed by atoms with E-state index in [-0.39, 0.29) is 11.4 Å². The lowest BCUT2D eigenvalue weighted by Gasteiger charge is -2.33. The molecule has 0 aliphatic carbocycles. The summed E-state index contributed by atoms with van der Waals surface area (Å²) >= 11 is 0. The van der Waals surface area contributed by atoms with Crippen molar-refractivity contribution in [2.24, 2.45) is 14.1 Å². The number of benzene rings is 1. The molecule has 8 heteroatoms. The number of fused-ring (bicyclic) bond motifs is 1. The van der Waals surface area contributed by atoms with Gasteiger partial charge < -0.3 is 4.57 Å². The summed E-state index contributed by atoms with van der Waals surface area (Å²) in [6.07, 6.45) is 3.50. The van der Waals surface area contributed by atoms with Gasteiger partial charge in [-0.3, -0.25) is 18.8 Å². The van der Waals surface area contributed by atoms with Crippen molar-refractivity contribution in [3.8, 4) is 0 Å². The minimum absolute atomic E-state index is 0.301. The Morgan fingerprint density at radius 2 is 1.79 bits per heavy atom. The van der Waals surface area contributed by atoms with Crippen molar-refractivity contribution in [1.82, 2.24) is 23.6 Å². The number of aromatic nitrogens is 4. The standard InChI is InChI=1S/C21H26FN5O2/c1-14-6-4-5-11-26(14)13-17-23-19-18(20(28)25(3)21(29)24(19)2)27(17)12-15-7-9-16(22)10-8-15/h7-10,14H,4-6,11-13H2,1-3H3/t14-/m1/s1. The number of rotatable bonds is 4. The number of hydrogen-bond donors (Lipinski definition) is 0. The predicted molar refractivity (Wildman–Crippen MR) is 109 cm³/mol. The third-order valence-electron chi connectivity index (χ3n) is 5.97. The molecule has 0 bridgehead atoms. The molecule has 1 aliphatic rings. The van der Waals surface area contributed by atoms with Crippen molar-refractivity contribution >= 4 is 11.2 Å². The molecule has 0 unspecified atom stereocenters. The zero-order valence-corrected chi connectivity index (χ0v) is 17.1. The van der Waals surface area contributed by atoms with E-state index in [9.17, 15) is 14.0 Å². The number of halogens is 1. The SMILES string of the molecule is C[C@@H]1CCCCN1Cc1nc2c(c(=O)n(C)c(=O)n2C)n1Cc1ccc(F)cc1. The number of nitrogens with zero attached hydrogens (tertiary/aromatic N) is 5. The van der Waals surface area contributed by atoms with Crippen LogP contribution < -0.4 is 11.2 Å². The molecule has 154 valence electrons. The van der Waals surface area contributed by atoms with Crippen LogP contribution in [0.1, 0.15) is 37.6 Å². The van der Waals surface area contributed by atoms with E-state index in [0.717, 1.165) is 35.3 Å². The van der Waals surface area contributed by atoms with Crippen molar-refractivity contribution in [2.45, 2.75) is 45.3 Å². The predicted octanol–water partition coefficient (Wildman–Crippen LogP) is 2.00. The minimum atomic E-state index is -0.396. The molecule has 1 aromatic carbocycles. The Morgan fingerprint density at radius 1 is 1.07 bits per heavy atom. The van der Waals surface area contributed by atoms with E-state index in [1.807, 2.05) is 4.57 Å². The fourth-order valence-corrected chi connectivity index (χ4v) is 4.13. The topological polar surface area (TPSA) is 65.1 Å². The van der Waals surface area contributed by atoms with E-state index in [1.165, 1.54) is 30.2 Å². The highest BCUT2D eigenvalue weighted by Gasteiger charge is 2.24. The second kappa shape index (κ2) is 7.59. The first-order chi connectivity index (χ1) is 13.9. The fourth-order valence-electron chi connectivity index (χ4n) is 4.13. The quantitative estimate of drug-likeness (QED) is 0.673. The summed E-state index contributed by atoms with van der Waals surface area (Å²) in [5.74, 6) is 0.446. The zero-order chi connectivity index (χ0) is 20.7. The van der Waals surface area contributed by atoms with Gasteiger partial charge in [0.25, 0.3) is 5.56 Å². The Labute approximate surface area is 168 Å². The van der Waals surface area contributed by atoms with Crippen LogP contribution in [0.25, 0.3) is 11.2 Å². The molecule has 2 aromatic heterocycles. The molecule has 0 N–H and O–H groups in total. The van der Waals surface area contributed by atoms with Crippen LogP contribution in [-0.4, -0.2) is 36.2 Å². The molecule has 4 rings (SSSR count). The lowest BCUT2D eigenvalue weighted by atomic mass is 10.0. The maximum absolute atomic E-state index is 13.3. The normalized spacial score (nSPS) is 17.9. The van der Waals surface area contributed by atoms with Gasteiger partial charge in [-0.2, -0.15) is 0 Å². The van der Waals surface area contributed by atoms with E-state index in [4.69, 9.17) is 4.98 Å². The molecule has 7 nitrogen and oxygen atoms in total. The third kappa shape index (κ3) is 3.53. The molecular weight excluding hydrogens is 373 g/mol. The van der Waals surface area contributed by atoms with Crippen molar-refractivity contribution in [2.75, 3.05) is 6.54 Å². The number of piperidine rings is 1. The van der Waals surface area contributed by atoms with Crippen LogP contribution in [0.15, 0.2) is 33.9 Å². The van der Waals surface area contributed by atoms with Gasteiger partial charge in [0.2, 0.25) is 0 Å². The highest BCUT2D eigenvalue weighted by atomic mass is 19.1. The van der Waals surface area contributed by atoms with Gasteiger partial charge in [0.15, 0.2) is 11.2 Å². The van der Waals surface area contributed by atoms with Crippen molar-refractivity contribution in [3.05, 3.63) is 62.3 Å². The van der Waals surface area contributed by atoms with E-state index in [1.54, 1.807) is 19.2 Å². The minimum Gasteiger partial charge on any atom is -0.317 e. The van der Waals surface area contributed by atoms with Crippen LogP contribution in [0.3, 0.4) is 0 Å². The summed E-state index contributed by atoms with van der Waals surface area (Å²) < 4.78 is 17.8. The lowest BCUT2D eigenvalue weighted by Crippen LogP contribution is -2.38. The van der Waals surface area contributed by atoms with E-state index < -0.39 is 5.69 Å². The highest BCUT2D eigenvalue weighted by Crippen LogP contribution is 2.21. The number of aryl methyl sites for hydroxylation is 1. The molecule has 0 spiro atoms. The Bertz CT molecular complexity index is 1160. The second-order valence-electron chi connectivity index (χ2n) is 7.93. The van der Waals surface area contributed by atoms with E-state index in [0.29, 0.717) is 30.3 Å². The first kappa shape index (κ1) is 19.6. The molecule has 0 saturated carbocycles. The van der Waals surface area contributed by atoms with Crippen LogP contribution in [-0.2, 0) is 27.2 Å². The highest BCUT2D eigenvalue weighted by molar-refractivity contribution is 5.71. The van der Waals surface area contributed by atoms with Gasteiger partial charge in [-0.25, -0.2) is 14.2 Å². The summed E-state index contributed by atoms with van der Waals surface area (Å²) in [6.45, 7) is 4.19. The van der Waals surface area contributed by atoms with Gasteiger partial charge in [0, 0.05) is 26.7 Å². The van der Waals surface area contributed by atoms with Gasteiger partial charge in [-0.1, -0.05) is 18.6 Å². The number of hydrogen-bond acceptors (Lipinski definition) is 4. The van der Waals surface area contributed by atoms with Crippen LogP contribution in [0.4, 0.5) is 4.39 Å². The van der Waals surface area contributed by atoms with Gasteiger partial charge in [0.05, 0.1) is 6.54 Å². The summed E-state index contributed by atoms with van der Waals surface area (Å²) in [5, 5.41) is 0. The first-order valence-corrected chi connectivity index (χ1v) is 10.0. The van der Waals surface area contributed by atoms with Crippen molar-refractivity contribution in [3.63, 3.8) is 0 Å². The van der Waals surface area contributed by atoms with Crippen molar-refractivity contribution in [1.29, 1.82) is 0 Å². The monoisotopic (exact) mass is 399 g/mol. The molecule has 29 heavy (non-hydrogen) atoms. The van der Waals surface area contributed by atoms with Crippen LogP contribution in [0, 0.1) is 5.82 Å². The van der Waals surface area contributed by atoms with Gasteiger partial charge in [-0.05, 0) is 44.0 Å². The largest absolute Gasteiger partial charge is 0.332 e. The van der Waals surface area contributed by atoms with Gasteiger partial charge >= 0.3 is 5.69 Å². The molecule has 1 saturated heterocycles. The van der Waals surface area contributed by atoms with Crippen LogP contribution in [0.5, 0.6) is 0 Å². The van der Waals surface area contributed by atoms with Crippen LogP contribution in [0.2, 0.25) is 0 Å². The Morgan fingerprint density at radius 3 is 2.48 bits per heavy atom. The van der Waals surface area contributed by atoms with Gasteiger partial charge in [0.1, 0.15) is 11.6 Å². The molecule has 3 heterocycles. The van der Waals surface area contributed by atoms with Crippen molar-refractivity contribution < 1.29 is 4.39 Å². The molecular formula is C21H26FN5O2. The summed E-state index contributed by atoms with van der Waals surface area (Å²) in [4.78, 5) is 32.4. The molecule has 0 amide bonds. The zero-order valence-electron chi connectivity index (χ0n) is 17.1. The maximum Gasteiger partial charge on any atom is 0.332 e. The summed E-state index contributed by atoms with van der Waals surface area (Å²) in [7, 11) is 3.11. The molecule has 3 aromatic rings. The first-order valence-electron chi connectivity index (χ1n) is 10.0. The average molecular weight is 399 g/mol. The molecule has 1 atom stereocenters. The summed E-state index contributed by atoms with van der Waals surface area (Å²) in [6, 6.07) is 6.68.